The van der Waals surface area contributed by atoms with Crippen molar-refractivity contribution in [1.29, 1.82) is 0 Å². The number of hydrogen-bond acceptors (Lipinski definition) is 4. The van der Waals surface area contributed by atoms with E-state index in [1.165, 1.54) is 18.2 Å². The van der Waals surface area contributed by atoms with Crippen molar-refractivity contribution < 1.29 is 13.6 Å². The van der Waals surface area contributed by atoms with Crippen molar-refractivity contribution in [3.63, 3.8) is 0 Å². The van der Waals surface area contributed by atoms with Gasteiger partial charge in [0.25, 0.3) is 0 Å². The smallest absolute Gasteiger partial charge is 0.222 e. The van der Waals surface area contributed by atoms with E-state index in [4.69, 9.17) is 5.73 Å². The first-order valence-electron chi connectivity index (χ1n) is 10.4. The molecule has 1 aromatic carbocycles. The van der Waals surface area contributed by atoms with Gasteiger partial charge in [-0.1, -0.05) is 12.1 Å². The van der Waals surface area contributed by atoms with Crippen LogP contribution in [0.1, 0.15) is 18.9 Å². The molecule has 3 rings (SSSR count). The Morgan fingerprint density at radius 1 is 1.32 bits per heavy atom. The number of amides is 1. The van der Waals surface area contributed by atoms with E-state index in [0.717, 1.165) is 12.0 Å². The molecule has 0 spiro atoms. The van der Waals surface area contributed by atoms with Crippen LogP contribution in [0.4, 0.5) is 14.6 Å². The lowest BCUT2D eigenvalue weighted by Crippen LogP contribution is -2.45. The number of aromatic nitrogens is 1. The highest BCUT2D eigenvalue weighted by molar-refractivity contribution is 5.81. The first kappa shape index (κ1) is 22.5. The minimum absolute atomic E-state index is 0.0586. The molecule has 0 bridgehead atoms. The van der Waals surface area contributed by atoms with E-state index in [9.17, 15) is 13.6 Å². The first-order chi connectivity index (χ1) is 15.0. The summed E-state index contributed by atoms with van der Waals surface area (Å²) in [6, 6.07) is 9.03. The predicted molar refractivity (Wildman–Crippen MR) is 117 cm³/mol. The number of halogens is 2. The molecule has 0 aliphatic carbocycles. The van der Waals surface area contributed by atoms with E-state index in [1.807, 2.05) is 11.8 Å². The molecule has 31 heavy (non-hydrogen) atoms. The third-order valence-corrected chi connectivity index (χ3v) is 5.18. The molecule has 1 saturated heterocycles. The van der Waals surface area contributed by atoms with Crippen molar-refractivity contribution in [2.75, 3.05) is 31.1 Å². The summed E-state index contributed by atoms with van der Waals surface area (Å²) in [6.45, 7) is 4.07. The van der Waals surface area contributed by atoms with E-state index in [2.05, 4.69) is 20.6 Å². The van der Waals surface area contributed by atoms with Gasteiger partial charge in [0.2, 0.25) is 5.91 Å². The molecule has 2 aromatic rings. The van der Waals surface area contributed by atoms with Gasteiger partial charge in [-0.15, -0.1) is 0 Å². The molecule has 2 atom stereocenters. The minimum atomic E-state index is -0.511. The number of benzene rings is 1. The van der Waals surface area contributed by atoms with Crippen molar-refractivity contribution in [2.24, 2.45) is 16.6 Å². The second-order valence-corrected chi connectivity index (χ2v) is 7.53. The van der Waals surface area contributed by atoms with Crippen molar-refractivity contribution >= 4 is 17.7 Å². The Bertz CT molecular complexity index is 905. The molecule has 1 amide bonds. The third-order valence-electron chi connectivity index (χ3n) is 5.18. The number of nitrogens with two attached hydrogens (primary N) is 1. The quantitative estimate of drug-likeness (QED) is 0.439. The fourth-order valence-corrected chi connectivity index (χ4v) is 3.56. The highest BCUT2D eigenvalue weighted by Gasteiger charge is 2.26. The summed E-state index contributed by atoms with van der Waals surface area (Å²) >= 11 is 0. The Morgan fingerprint density at radius 2 is 2.10 bits per heavy atom. The van der Waals surface area contributed by atoms with Gasteiger partial charge in [-0.2, -0.15) is 0 Å². The molecule has 9 heteroatoms. The van der Waals surface area contributed by atoms with Crippen LogP contribution in [0.2, 0.25) is 0 Å². The Labute approximate surface area is 180 Å². The summed E-state index contributed by atoms with van der Waals surface area (Å²) in [7, 11) is 0. The number of pyridine rings is 1. The summed E-state index contributed by atoms with van der Waals surface area (Å²) in [4.78, 5) is 22.5. The molecule has 0 radical (unpaired) electrons. The zero-order valence-electron chi connectivity index (χ0n) is 17.5. The van der Waals surface area contributed by atoms with Gasteiger partial charge in [0.15, 0.2) is 17.6 Å². The average molecular weight is 431 g/mol. The molecule has 4 N–H and O–H groups in total. The predicted octanol–water partition coefficient (Wildman–Crippen LogP) is 1.84. The molecule has 1 aliphatic heterocycles. The number of carbonyl (C=O) groups excluding carboxylic acids is 1. The second-order valence-electron chi connectivity index (χ2n) is 7.53. The number of aliphatic imine (C=N–C) groups is 1. The number of primary amides is 1. The Kier molecular flexibility index (Phi) is 7.75. The SMILES string of the molecule is CCNC(=NCC(Cc1ccc(F)cc1)C(N)=O)NC1CCN(c2ncccc2F)C1. The van der Waals surface area contributed by atoms with E-state index < -0.39 is 11.8 Å². The van der Waals surface area contributed by atoms with E-state index in [0.29, 0.717) is 37.8 Å². The summed E-state index contributed by atoms with van der Waals surface area (Å²) in [5.74, 6) is -0.714. The molecule has 2 unspecified atom stereocenters. The van der Waals surface area contributed by atoms with Crippen LogP contribution in [0.25, 0.3) is 0 Å². The van der Waals surface area contributed by atoms with Gasteiger partial charge in [-0.05, 0) is 49.6 Å². The average Bonchev–Trinajstić information content (AvgIpc) is 3.21. The summed E-state index contributed by atoms with van der Waals surface area (Å²) in [6.07, 6.45) is 2.76. The lowest BCUT2D eigenvalue weighted by atomic mass is 9.99. The number of hydrogen-bond donors (Lipinski definition) is 3. The molecule has 166 valence electrons. The Morgan fingerprint density at radius 3 is 2.77 bits per heavy atom. The highest BCUT2D eigenvalue weighted by atomic mass is 19.1. The summed E-state index contributed by atoms with van der Waals surface area (Å²) in [5.41, 5.74) is 6.38. The number of rotatable bonds is 8. The van der Waals surface area contributed by atoms with Gasteiger partial charge in [-0.3, -0.25) is 9.79 Å². The summed E-state index contributed by atoms with van der Waals surface area (Å²) in [5, 5.41) is 6.52. The van der Waals surface area contributed by atoms with Crippen molar-refractivity contribution in [3.05, 3.63) is 59.8 Å². The standard InChI is InChI=1S/C22H28F2N6O/c1-2-26-22(28-13-16(20(25)31)12-15-5-7-17(23)8-6-15)29-18-9-11-30(14-18)21-19(24)4-3-10-27-21/h3-8,10,16,18H,2,9,11-14H2,1H3,(H2,25,31)(H2,26,28,29). The Hall–Kier alpha value is -3.23. The molecule has 7 nitrogen and oxygen atoms in total. The lowest BCUT2D eigenvalue weighted by molar-refractivity contribution is -0.121. The van der Waals surface area contributed by atoms with Crippen LogP contribution < -0.4 is 21.3 Å². The highest BCUT2D eigenvalue weighted by Crippen LogP contribution is 2.20. The molecule has 1 aromatic heterocycles. The fourth-order valence-electron chi connectivity index (χ4n) is 3.56. The van der Waals surface area contributed by atoms with Gasteiger partial charge >= 0.3 is 0 Å². The van der Waals surface area contributed by atoms with Gasteiger partial charge in [0.05, 0.1) is 12.5 Å². The van der Waals surface area contributed by atoms with Crippen LogP contribution in [0.5, 0.6) is 0 Å². The van der Waals surface area contributed by atoms with E-state index in [1.54, 1.807) is 24.4 Å². The molecule has 0 saturated carbocycles. The topological polar surface area (TPSA) is 95.6 Å². The van der Waals surface area contributed by atoms with Crippen LogP contribution in [0, 0.1) is 17.6 Å². The lowest BCUT2D eigenvalue weighted by Gasteiger charge is -2.20. The zero-order valence-corrected chi connectivity index (χ0v) is 17.5. The van der Waals surface area contributed by atoms with Gasteiger partial charge < -0.3 is 21.3 Å². The van der Waals surface area contributed by atoms with Crippen molar-refractivity contribution in [2.45, 2.75) is 25.8 Å². The maximum Gasteiger partial charge on any atom is 0.222 e. The summed E-state index contributed by atoms with van der Waals surface area (Å²) < 4.78 is 27.1. The molecular formula is C22H28F2N6O. The molecule has 1 fully saturated rings. The molecule has 2 heterocycles. The normalized spacial score (nSPS) is 17.5. The number of carbonyl (C=O) groups is 1. The van der Waals surface area contributed by atoms with Crippen LogP contribution in [-0.4, -0.2) is 49.1 Å². The molecule has 1 aliphatic rings. The maximum atomic E-state index is 14.0. The first-order valence-corrected chi connectivity index (χ1v) is 10.4. The van der Waals surface area contributed by atoms with Crippen LogP contribution >= 0.6 is 0 Å². The van der Waals surface area contributed by atoms with Crippen molar-refractivity contribution in [1.82, 2.24) is 15.6 Å². The van der Waals surface area contributed by atoms with Crippen LogP contribution in [0.3, 0.4) is 0 Å². The van der Waals surface area contributed by atoms with E-state index in [-0.39, 0.29) is 24.2 Å². The fraction of sp³-hybridized carbons (Fsp3) is 0.409. The molecular weight excluding hydrogens is 402 g/mol. The second kappa shape index (κ2) is 10.7. The minimum Gasteiger partial charge on any atom is -0.369 e. The number of anilines is 1. The van der Waals surface area contributed by atoms with Crippen LogP contribution in [0.15, 0.2) is 47.6 Å². The van der Waals surface area contributed by atoms with E-state index >= 15 is 0 Å². The van der Waals surface area contributed by atoms with Gasteiger partial charge in [-0.25, -0.2) is 13.8 Å². The number of guanidine groups is 1. The monoisotopic (exact) mass is 430 g/mol. The zero-order chi connectivity index (χ0) is 22.2. The largest absolute Gasteiger partial charge is 0.369 e. The van der Waals surface area contributed by atoms with Crippen LogP contribution in [-0.2, 0) is 11.2 Å². The Balaban J connectivity index is 1.61. The van der Waals surface area contributed by atoms with Crippen molar-refractivity contribution in [3.8, 4) is 0 Å². The van der Waals surface area contributed by atoms with Gasteiger partial charge in [0.1, 0.15) is 5.82 Å². The third kappa shape index (κ3) is 6.37. The van der Waals surface area contributed by atoms with Gasteiger partial charge in [0, 0.05) is 31.9 Å². The maximum absolute atomic E-state index is 14.0. The number of nitrogens with one attached hydrogen (secondary N) is 2. The number of nitrogens with zero attached hydrogens (tertiary/aromatic N) is 3.